The van der Waals surface area contributed by atoms with Crippen LogP contribution in [0.25, 0.3) is 0 Å². The second-order valence-corrected chi connectivity index (χ2v) is 4.77. The molecule has 0 aromatic carbocycles. The highest BCUT2D eigenvalue weighted by molar-refractivity contribution is 5.75. The summed E-state index contributed by atoms with van der Waals surface area (Å²) < 4.78 is 24.5. The van der Waals surface area contributed by atoms with Gasteiger partial charge in [0.05, 0.1) is 13.2 Å². The number of carbonyl (C=O) groups excluding carboxylic acids is 1. The number of alkyl halides is 2. The van der Waals surface area contributed by atoms with Crippen molar-refractivity contribution in [3.05, 3.63) is 0 Å². The van der Waals surface area contributed by atoms with Gasteiger partial charge in [-0.2, -0.15) is 0 Å². The average Bonchev–Trinajstić information content (AvgIpc) is 2.25. The molecule has 0 saturated heterocycles. The number of aliphatic hydroxyl groups is 1. The minimum absolute atomic E-state index is 0.137. The summed E-state index contributed by atoms with van der Waals surface area (Å²) in [5.41, 5.74) is -0.828. The van der Waals surface area contributed by atoms with Crippen molar-refractivity contribution in [2.75, 3.05) is 19.7 Å². The monoisotopic (exact) mass is 282 g/mol. The van der Waals surface area contributed by atoms with Crippen LogP contribution in [0.15, 0.2) is 0 Å². The van der Waals surface area contributed by atoms with Crippen molar-refractivity contribution in [1.29, 1.82) is 0 Å². The van der Waals surface area contributed by atoms with Gasteiger partial charge in [0.2, 0.25) is 0 Å². The van der Waals surface area contributed by atoms with Gasteiger partial charge in [-0.3, -0.25) is 4.79 Å². The maximum Gasteiger partial charge on any atom is 0.318 e. The van der Waals surface area contributed by atoms with Crippen LogP contribution in [0.3, 0.4) is 0 Å². The lowest BCUT2D eigenvalue weighted by molar-refractivity contribution is -0.137. The molecule has 112 valence electrons. The van der Waals surface area contributed by atoms with Crippen LogP contribution in [0, 0.1) is 0 Å². The minimum Gasteiger partial charge on any atom is -0.481 e. The largest absolute Gasteiger partial charge is 0.481 e. The van der Waals surface area contributed by atoms with Crippen LogP contribution in [0.5, 0.6) is 0 Å². The third-order valence-electron chi connectivity index (χ3n) is 2.42. The van der Waals surface area contributed by atoms with Gasteiger partial charge in [0, 0.05) is 18.5 Å². The third-order valence-corrected chi connectivity index (χ3v) is 2.42. The van der Waals surface area contributed by atoms with Crippen LogP contribution in [-0.4, -0.2) is 58.8 Å². The van der Waals surface area contributed by atoms with Crippen molar-refractivity contribution in [3.8, 4) is 0 Å². The number of urea groups is 1. The van der Waals surface area contributed by atoms with E-state index in [1.807, 2.05) is 0 Å². The van der Waals surface area contributed by atoms with Crippen LogP contribution >= 0.6 is 0 Å². The average molecular weight is 282 g/mol. The number of rotatable bonds is 8. The molecule has 3 N–H and O–H groups in total. The van der Waals surface area contributed by atoms with Gasteiger partial charge in [-0.1, -0.05) is 0 Å². The van der Waals surface area contributed by atoms with E-state index in [2.05, 4.69) is 5.32 Å². The Balaban J connectivity index is 4.47. The number of nitrogens with one attached hydrogen (secondary N) is 1. The van der Waals surface area contributed by atoms with Crippen molar-refractivity contribution in [2.45, 2.75) is 38.7 Å². The van der Waals surface area contributed by atoms with Gasteiger partial charge in [0.1, 0.15) is 0 Å². The van der Waals surface area contributed by atoms with E-state index < -0.39 is 37.1 Å². The molecule has 0 aliphatic heterocycles. The fourth-order valence-corrected chi connectivity index (χ4v) is 1.41. The second-order valence-electron chi connectivity index (χ2n) is 4.77. The SMILES string of the molecule is CC(C)(CCC(=O)O)NC(=O)N(CCO)CC(F)F. The lowest BCUT2D eigenvalue weighted by atomic mass is 9.99. The summed E-state index contributed by atoms with van der Waals surface area (Å²) in [5, 5.41) is 19.8. The van der Waals surface area contributed by atoms with E-state index in [1.54, 1.807) is 13.8 Å². The molecule has 8 heteroatoms. The van der Waals surface area contributed by atoms with Crippen molar-refractivity contribution in [1.82, 2.24) is 10.2 Å². The summed E-state index contributed by atoms with van der Waals surface area (Å²) in [6, 6.07) is -0.746. The predicted octanol–water partition coefficient (Wildman–Crippen LogP) is 0.899. The van der Waals surface area contributed by atoms with E-state index in [1.165, 1.54) is 0 Å². The van der Waals surface area contributed by atoms with E-state index in [9.17, 15) is 18.4 Å². The van der Waals surface area contributed by atoms with E-state index in [-0.39, 0.29) is 19.4 Å². The topological polar surface area (TPSA) is 89.9 Å². The molecule has 0 aromatic heterocycles. The van der Waals surface area contributed by atoms with E-state index in [0.29, 0.717) is 0 Å². The summed E-state index contributed by atoms with van der Waals surface area (Å²) in [6.07, 6.45) is -2.66. The fourth-order valence-electron chi connectivity index (χ4n) is 1.41. The van der Waals surface area contributed by atoms with E-state index in [4.69, 9.17) is 10.2 Å². The summed E-state index contributed by atoms with van der Waals surface area (Å²) >= 11 is 0. The molecule has 6 nitrogen and oxygen atoms in total. The molecule has 0 unspecified atom stereocenters. The first-order valence-corrected chi connectivity index (χ1v) is 5.86. The van der Waals surface area contributed by atoms with Gasteiger partial charge in [0.15, 0.2) is 0 Å². The second kappa shape index (κ2) is 7.88. The Hall–Kier alpha value is -1.44. The number of hydrogen-bond acceptors (Lipinski definition) is 3. The highest BCUT2D eigenvalue weighted by Gasteiger charge is 2.25. The number of nitrogens with zero attached hydrogens (tertiary/aromatic N) is 1. The first kappa shape index (κ1) is 17.6. The van der Waals surface area contributed by atoms with Gasteiger partial charge in [-0.15, -0.1) is 0 Å². The molecule has 0 atom stereocenters. The Morgan fingerprint density at radius 3 is 2.37 bits per heavy atom. The molecule has 0 fully saturated rings. The van der Waals surface area contributed by atoms with Crippen molar-refractivity contribution < 1.29 is 28.6 Å². The zero-order chi connectivity index (χ0) is 15.1. The zero-order valence-corrected chi connectivity index (χ0v) is 11.0. The molecule has 0 aromatic rings. The highest BCUT2D eigenvalue weighted by atomic mass is 19.3. The molecular formula is C11H20F2N2O4. The smallest absolute Gasteiger partial charge is 0.318 e. The van der Waals surface area contributed by atoms with Gasteiger partial charge in [-0.25, -0.2) is 13.6 Å². The number of carbonyl (C=O) groups is 2. The van der Waals surface area contributed by atoms with Crippen molar-refractivity contribution in [2.24, 2.45) is 0 Å². The molecule has 0 rings (SSSR count). The minimum atomic E-state index is -2.69. The van der Waals surface area contributed by atoms with Gasteiger partial charge in [-0.05, 0) is 20.3 Å². The first-order valence-electron chi connectivity index (χ1n) is 5.86. The van der Waals surface area contributed by atoms with Crippen LogP contribution in [0.4, 0.5) is 13.6 Å². The van der Waals surface area contributed by atoms with Gasteiger partial charge in [0.25, 0.3) is 6.43 Å². The fraction of sp³-hybridized carbons (Fsp3) is 0.818. The molecule has 0 saturated carbocycles. The number of carboxylic acids is 1. The molecule has 0 radical (unpaired) electrons. The Kier molecular flexibility index (Phi) is 7.28. The normalized spacial score (nSPS) is 11.5. The van der Waals surface area contributed by atoms with Gasteiger partial charge >= 0.3 is 12.0 Å². The summed E-state index contributed by atoms with van der Waals surface area (Å²) in [4.78, 5) is 23.0. The Morgan fingerprint density at radius 2 is 1.95 bits per heavy atom. The number of hydrogen-bond donors (Lipinski definition) is 3. The molecular weight excluding hydrogens is 262 g/mol. The molecule has 0 heterocycles. The molecule has 0 aliphatic rings. The molecule has 2 amide bonds. The van der Waals surface area contributed by atoms with E-state index >= 15 is 0 Å². The Bertz CT molecular complexity index is 311. The number of aliphatic hydroxyl groups excluding tert-OH is 1. The number of amides is 2. The molecule has 0 aliphatic carbocycles. The van der Waals surface area contributed by atoms with E-state index in [0.717, 1.165) is 4.90 Å². The maximum absolute atomic E-state index is 12.3. The lowest BCUT2D eigenvalue weighted by Crippen LogP contribution is -2.52. The summed E-state index contributed by atoms with van der Waals surface area (Å²) in [5.74, 6) is -0.998. The van der Waals surface area contributed by atoms with Crippen LogP contribution in [-0.2, 0) is 4.79 Å². The molecule has 19 heavy (non-hydrogen) atoms. The molecule has 0 bridgehead atoms. The number of carboxylic acid groups (broad SMARTS) is 1. The van der Waals surface area contributed by atoms with Gasteiger partial charge < -0.3 is 20.4 Å². The third kappa shape index (κ3) is 8.30. The highest BCUT2D eigenvalue weighted by Crippen LogP contribution is 2.12. The maximum atomic E-state index is 12.3. The summed E-state index contributed by atoms with van der Waals surface area (Å²) in [7, 11) is 0. The van der Waals surface area contributed by atoms with Crippen LogP contribution in [0.2, 0.25) is 0 Å². The summed E-state index contributed by atoms with van der Waals surface area (Å²) in [6.45, 7) is 1.81. The predicted molar refractivity (Wildman–Crippen MR) is 64.1 cm³/mol. The Morgan fingerprint density at radius 1 is 1.37 bits per heavy atom. The Labute approximate surface area is 110 Å². The molecule has 0 spiro atoms. The zero-order valence-electron chi connectivity index (χ0n) is 11.0. The quantitative estimate of drug-likeness (QED) is 0.617. The number of aliphatic carboxylic acids is 1. The standard InChI is InChI=1S/C11H20F2N2O4/c1-11(2,4-3-9(17)18)14-10(19)15(5-6-16)7-8(12)13/h8,16H,3-7H2,1-2H3,(H,14,19)(H,17,18). The van der Waals surface area contributed by atoms with Crippen LogP contribution in [0.1, 0.15) is 26.7 Å². The lowest BCUT2D eigenvalue weighted by Gasteiger charge is -2.30. The van der Waals surface area contributed by atoms with Crippen molar-refractivity contribution >= 4 is 12.0 Å². The van der Waals surface area contributed by atoms with Crippen molar-refractivity contribution in [3.63, 3.8) is 0 Å². The number of halogens is 2. The van der Waals surface area contributed by atoms with Crippen LogP contribution < -0.4 is 5.32 Å². The first-order chi connectivity index (χ1) is 8.68.